The highest BCUT2D eigenvalue weighted by molar-refractivity contribution is 8.32. The number of thiol groups is 1. The van der Waals surface area contributed by atoms with Gasteiger partial charge in [0, 0.05) is 5.75 Å². The molecular formula is C4H9NS2. The predicted molar refractivity (Wildman–Crippen MR) is 40.5 cm³/mol. The topological polar surface area (TPSA) is 12.4 Å². The fraction of sp³-hybridized carbons (Fsp3) is 0.750. The maximum atomic E-state index is 4.01. The van der Waals surface area contributed by atoms with Gasteiger partial charge in [-0.2, -0.15) is 0 Å². The molecule has 0 atom stereocenters. The highest BCUT2D eigenvalue weighted by atomic mass is 32.2. The van der Waals surface area contributed by atoms with Gasteiger partial charge in [-0.15, -0.1) is 12.6 Å². The van der Waals surface area contributed by atoms with Crippen LogP contribution in [-0.2, 0) is 0 Å². The summed E-state index contributed by atoms with van der Waals surface area (Å²) >= 11 is 5.72. The highest BCUT2D eigenvalue weighted by Crippen LogP contribution is 2.12. The summed E-state index contributed by atoms with van der Waals surface area (Å²) in [5.74, 6) is 1.12. The first-order chi connectivity index (χ1) is 2.89. The Labute approximate surface area is 54.0 Å². The second kappa shape index (κ2) is 3.38. The summed E-state index contributed by atoms with van der Waals surface area (Å²) in [7, 11) is 0. The van der Waals surface area contributed by atoms with E-state index in [0.29, 0.717) is 0 Å². The van der Waals surface area contributed by atoms with Gasteiger partial charge in [0.2, 0.25) is 0 Å². The summed E-state index contributed by atoms with van der Waals surface area (Å²) in [6.45, 7) is 0.962. The second-order valence-corrected chi connectivity index (χ2v) is 2.82. The van der Waals surface area contributed by atoms with Gasteiger partial charge in [0.05, 0.1) is 6.54 Å². The van der Waals surface area contributed by atoms with E-state index in [1.54, 1.807) is 11.8 Å². The van der Waals surface area contributed by atoms with Gasteiger partial charge in [0.15, 0.2) is 0 Å². The lowest BCUT2D eigenvalue weighted by Crippen LogP contribution is -1.69. The molecule has 0 N–H and O–H groups in total. The lowest BCUT2D eigenvalue weighted by Gasteiger charge is -1.75. The van der Waals surface area contributed by atoms with Gasteiger partial charge in [-0.3, -0.25) is 4.99 Å². The summed E-state index contributed by atoms with van der Waals surface area (Å²) < 4.78 is 0.940. The van der Waals surface area contributed by atoms with Crippen molar-refractivity contribution in [1.29, 1.82) is 0 Å². The van der Waals surface area contributed by atoms with Crippen LogP contribution in [0.4, 0.5) is 0 Å². The maximum absolute atomic E-state index is 4.01. The number of hydrogen-bond donors (Lipinski definition) is 1. The molecule has 0 amide bonds. The third-order valence-electron chi connectivity index (χ3n) is 0.570. The number of hydrogen-bond acceptors (Lipinski definition) is 2. The van der Waals surface area contributed by atoms with E-state index in [2.05, 4.69) is 17.6 Å². The van der Waals surface area contributed by atoms with E-state index in [9.17, 15) is 0 Å². The van der Waals surface area contributed by atoms with Crippen molar-refractivity contribution in [2.45, 2.75) is 7.43 Å². The molecule has 1 nitrogen and oxygen atoms in total. The molecule has 7 heavy (non-hydrogen) atoms. The minimum absolute atomic E-state index is 0. The zero-order valence-corrected chi connectivity index (χ0v) is 4.93. The Balaban J connectivity index is 0.000000360. The summed E-state index contributed by atoms with van der Waals surface area (Å²) in [5.41, 5.74) is 0. The average molecular weight is 135 g/mol. The molecule has 0 aromatic carbocycles. The molecular weight excluding hydrogens is 126 g/mol. The average Bonchev–Trinajstić information content (AvgIpc) is 1.86. The van der Waals surface area contributed by atoms with E-state index in [-0.39, 0.29) is 7.43 Å². The first kappa shape index (κ1) is 7.37. The van der Waals surface area contributed by atoms with Gasteiger partial charge in [-0.05, 0) is 0 Å². The quantitative estimate of drug-likeness (QED) is 0.498. The van der Waals surface area contributed by atoms with Gasteiger partial charge < -0.3 is 0 Å². The molecule has 1 aliphatic rings. The number of rotatable bonds is 0. The highest BCUT2D eigenvalue weighted by Gasteiger charge is 1.98. The lowest BCUT2D eigenvalue weighted by molar-refractivity contribution is 1.18. The molecule has 1 heterocycles. The van der Waals surface area contributed by atoms with E-state index in [1.807, 2.05) is 0 Å². The monoisotopic (exact) mass is 135 g/mol. The van der Waals surface area contributed by atoms with Crippen molar-refractivity contribution in [1.82, 2.24) is 0 Å². The number of nitrogens with zero attached hydrogens (tertiary/aromatic N) is 1. The fourth-order valence-electron chi connectivity index (χ4n) is 0.324. The van der Waals surface area contributed by atoms with Crippen molar-refractivity contribution in [3.8, 4) is 0 Å². The Morgan fingerprint density at radius 1 is 1.71 bits per heavy atom. The predicted octanol–water partition coefficient (Wildman–Crippen LogP) is 1.66. The molecule has 0 fully saturated rings. The maximum Gasteiger partial charge on any atom is 0.121 e. The minimum Gasteiger partial charge on any atom is -0.271 e. The Bertz CT molecular complexity index is 79.8. The third kappa shape index (κ3) is 2.24. The van der Waals surface area contributed by atoms with Crippen molar-refractivity contribution in [2.24, 2.45) is 4.99 Å². The van der Waals surface area contributed by atoms with Gasteiger partial charge in [-0.25, -0.2) is 0 Å². The zero-order chi connectivity index (χ0) is 4.41. The van der Waals surface area contributed by atoms with Crippen molar-refractivity contribution in [3.05, 3.63) is 0 Å². The van der Waals surface area contributed by atoms with E-state index in [0.717, 1.165) is 16.7 Å². The molecule has 0 saturated carbocycles. The van der Waals surface area contributed by atoms with Crippen molar-refractivity contribution < 1.29 is 0 Å². The normalized spacial score (nSPS) is 18.1. The number of aliphatic imine (C=N–C) groups is 1. The standard InChI is InChI=1S/C3H5NS2.CH4/c5-3-4-1-2-6-3;/h1-2H2,(H,4,5);1H4. The molecule has 0 spiro atoms. The van der Waals surface area contributed by atoms with Gasteiger partial charge in [0.1, 0.15) is 4.38 Å². The van der Waals surface area contributed by atoms with Crippen LogP contribution in [0.3, 0.4) is 0 Å². The van der Waals surface area contributed by atoms with Crippen molar-refractivity contribution in [3.63, 3.8) is 0 Å². The van der Waals surface area contributed by atoms with Crippen LogP contribution >= 0.6 is 24.4 Å². The minimum atomic E-state index is 0. The molecule has 42 valence electrons. The van der Waals surface area contributed by atoms with Crippen LogP contribution in [0.1, 0.15) is 7.43 Å². The Hall–Kier alpha value is 0.370. The summed E-state index contributed by atoms with van der Waals surface area (Å²) in [4.78, 5) is 3.98. The first-order valence-electron chi connectivity index (χ1n) is 1.76. The van der Waals surface area contributed by atoms with Crippen LogP contribution in [0, 0.1) is 0 Å². The molecule has 0 bridgehead atoms. The molecule has 0 aliphatic carbocycles. The van der Waals surface area contributed by atoms with Crippen LogP contribution in [0.2, 0.25) is 0 Å². The number of thioether (sulfide) groups is 1. The zero-order valence-electron chi connectivity index (χ0n) is 3.22. The van der Waals surface area contributed by atoms with Crippen LogP contribution in [0.25, 0.3) is 0 Å². The van der Waals surface area contributed by atoms with Gasteiger partial charge in [-0.1, -0.05) is 19.2 Å². The molecule has 0 aromatic rings. The van der Waals surface area contributed by atoms with Gasteiger partial charge in [0.25, 0.3) is 0 Å². The molecule has 1 aliphatic heterocycles. The lowest BCUT2D eigenvalue weighted by atomic mass is 10.8. The van der Waals surface area contributed by atoms with E-state index < -0.39 is 0 Å². The second-order valence-electron chi connectivity index (χ2n) is 1.01. The van der Waals surface area contributed by atoms with Crippen LogP contribution in [0.5, 0.6) is 0 Å². The molecule has 0 radical (unpaired) electrons. The van der Waals surface area contributed by atoms with Crippen LogP contribution in [-0.4, -0.2) is 16.7 Å². The first-order valence-corrected chi connectivity index (χ1v) is 3.19. The molecule has 3 heteroatoms. The van der Waals surface area contributed by atoms with Gasteiger partial charge >= 0.3 is 0 Å². The van der Waals surface area contributed by atoms with Crippen LogP contribution in [0.15, 0.2) is 4.99 Å². The Morgan fingerprint density at radius 3 is 2.57 bits per heavy atom. The summed E-state index contributed by atoms with van der Waals surface area (Å²) in [5, 5.41) is 0. The van der Waals surface area contributed by atoms with Crippen molar-refractivity contribution in [2.75, 3.05) is 12.3 Å². The summed E-state index contributed by atoms with van der Waals surface area (Å²) in [6.07, 6.45) is 0. The smallest absolute Gasteiger partial charge is 0.121 e. The van der Waals surface area contributed by atoms with E-state index in [4.69, 9.17) is 0 Å². The SMILES string of the molecule is C.SC1=NCCS1. The largest absolute Gasteiger partial charge is 0.271 e. The molecule has 1 rings (SSSR count). The molecule has 0 aromatic heterocycles. The van der Waals surface area contributed by atoms with Crippen LogP contribution < -0.4 is 0 Å². The Kier molecular flexibility index (Phi) is 3.56. The van der Waals surface area contributed by atoms with E-state index >= 15 is 0 Å². The fourth-order valence-corrected chi connectivity index (χ4v) is 1.25. The van der Waals surface area contributed by atoms with E-state index in [1.165, 1.54) is 0 Å². The Morgan fingerprint density at radius 2 is 2.43 bits per heavy atom. The molecule has 0 unspecified atom stereocenters. The van der Waals surface area contributed by atoms with Crippen molar-refractivity contribution >= 4 is 28.8 Å². The summed E-state index contributed by atoms with van der Waals surface area (Å²) in [6, 6.07) is 0. The molecule has 0 saturated heterocycles. The third-order valence-corrected chi connectivity index (χ3v) is 1.87.